The van der Waals surface area contributed by atoms with Gasteiger partial charge in [0.1, 0.15) is 18.1 Å². The molecule has 210 valence electrons. The van der Waals surface area contributed by atoms with E-state index >= 15 is 0 Å². The second-order valence-corrected chi connectivity index (χ2v) is 8.92. The summed E-state index contributed by atoms with van der Waals surface area (Å²) in [5.74, 6) is -4.52. The van der Waals surface area contributed by atoms with E-state index in [0.29, 0.717) is 38.8 Å². The topological polar surface area (TPSA) is 270 Å². The predicted molar refractivity (Wildman–Crippen MR) is 134 cm³/mol. The molecule has 15 heteroatoms. The third kappa shape index (κ3) is 11.4. The molecule has 0 aliphatic carbocycles. The average Bonchev–Trinajstić information content (AvgIpc) is 3.32. The van der Waals surface area contributed by atoms with Crippen molar-refractivity contribution in [3.8, 4) is 0 Å². The quantitative estimate of drug-likeness (QED) is 0.0551. The highest BCUT2D eigenvalue weighted by atomic mass is 16.4. The summed E-state index contributed by atoms with van der Waals surface area (Å²) in [6.07, 6.45) is 2.26. The second kappa shape index (κ2) is 16.3. The normalized spacial score (nSPS) is 17.4. The number of hydrogen-bond acceptors (Lipinski definition) is 8. The van der Waals surface area contributed by atoms with Crippen molar-refractivity contribution < 1.29 is 34.2 Å². The van der Waals surface area contributed by atoms with Gasteiger partial charge in [-0.3, -0.25) is 24.2 Å². The van der Waals surface area contributed by atoms with Crippen LogP contribution in [-0.2, 0) is 24.0 Å². The number of carbonyl (C=O) groups is 5. The Bertz CT molecular complexity index is 834. The third-order valence-corrected chi connectivity index (χ3v) is 5.96. The molecule has 0 saturated carbocycles. The molecule has 0 aromatic carbocycles. The Morgan fingerprint density at radius 2 is 1.68 bits per heavy atom. The van der Waals surface area contributed by atoms with Crippen LogP contribution in [0.3, 0.4) is 0 Å². The van der Waals surface area contributed by atoms with Crippen LogP contribution in [0.2, 0.25) is 0 Å². The summed E-state index contributed by atoms with van der Waals surface area (Å²) < 4.78 is 0. The van der Waals surface area contributed by atoms with Gasteiger partial charge in [-0.15, -0.1) is 0 Å². The molecular weight excluding hydrogens is 488 g/mol. The van der Waals surface area contributed by atoms with Crippen LogP contribution in [0.5, 0.6) is 0 Å². The fourth-order valence-electron chi connectivity index (χ4n) is 3.99. The highest BCUT2D eigenvalue weighted by Gasteiger charge is 2.37. The molecule has 1 aliphatic rings. The smallest absolute Gasteiger partial charge is 0.326 e. The van der Waals surface area contributed by atoms with Gasteiger partial charge in [-0.05, 0) is 51.5 Å². The number of nitrogens with zero attached hydrogens (tertiary/aromatic N) is 2. The number of carboxylic acid groups (broad SMARTS) is 2. The molecule has 0 bridgehead atoms. The minimum atomic E-state index is -1.32. The van der Waals surface area contributed by atoms with E-state index in [1.54, 1.807) is 0 Å². The molecule has 4 atom stereocenters. The summed E-state index contributed by atoms with van der Waals surface area (Å²) in [5, 5.41) is 23.4. The summed E-state index contributed by atoms with van der Waals surface area (Å²) in [4.78, 5) is 66.6. The lowest BCUT2D eigenvalue weighted by molar-refractivity contribution is -0.144. The van der Waals surface area contributed by atoms with Crippen molar-refractivity contribution in [1.82, 2.24) is 15.5 Å². The van der Waals surface area contributed by atoms with E-state index in [1.807, 2.05) is 0 Å². The van der Waals surface area contributed by atoms with Gasteiger partial charge in [0.25, 0.3) is 0 Å². The van der Waals surface area contributed by atoms with E-state index < -0.39 is 54.3 Å². The standard InChI is InChI=1S/C22H40N8O7/c23-10-2-1-5-13(24)20(35)30-12-4-7-16(30)19(34)28-14(8-9-17(31)32)18(33)29-15(21(36)37)6-3-11-27-22(25)26/h13-16H,1-12,23-24H2,(H,28,34)(H,29,33)(H,31,32)(H,36,37)(H4,25,26,27). The number of hydrogen-bond donors (Lipinski definition) is 8. The number of nitrogens with one attached hydrogen (secondary N) is 2. The van der Waals surface area contributed by atoms with Crippen LogP contribution >= 0.6 is 0 Å². The molecule has 1 heterocycles. The number of unbranched alkanes of at least 4 members (excludes halogenated alkanes) is 1. The van der Waals surface area contributed by atoms with E-state index in [9.17, 15) is 29.1 Å². The first kappa shape index (κ1) is 31.6. The van der Waals surface area contributed by atoms with Crippen molar-refractivity contribution >= 4 is 35.6 Å². The molecule has 3 amide bonds. The molecule has 0 radical (unpaired) electrons. The van der Waals surface area contributed by atoms with E-state index in [2.05, 4.69) is 15.6 Å². The fourth-order valence-corrected chi connectivity index (χ4v) is 3.99. The van der Waals surface area contributed by atoms with Crippen LogP contribution in [-0.4, -0.2) is 94.5 Å². The molecule has 37 heavy (non-hydrogen) atoms. The maximum atomic E-state index is 13.1. The largest absolute Gasteiger partial charge is 0.481 e. The number of rotatable bonds is 17. The summed E-state index contributed by atoms with van der Waals surface area (Å²) in [6.45, 7) is 0.958. The van der Waals surface area contributed by atoms with Crippen LogP contribution in [0.1, 0.15) is 57.8 Å². The number of likely N-dealkylation sites (tertiary alicyclic amines) is 1. The van der Waals surface area contributed by atoms with E-state index in [0.717, 1.165) is 6.42 Å². The van der Waals surface area contributed by atoms with Crippen molar-refractivity contribution in [2.45, 2.75) is 82.0 Å². The Morgan fingerprint density at radius 1 is 0.973 bits per heavy atom. The molecule has 0 aromatic rings. The Morgan fingerprint density at radius 3 is 2.27 bits per heavy atom. The van der Waals surface area contributed by atoms with Gasteiger partial charge in [-0.1, -0.05) is 6.42 Å². The third-order valence-electron chi connectivity index (χ3n) is 5.96. The van der Waals surface area contributed by atoms with E-state index in [1.165, 1.54) is 4.90 Å². The second-order valence-electron chi connectivity index (χ2n) is 8.92. The Labute approximate surface area is 215 Å². The first-order valence-electron chi connectivity index (χ1n) is 12.3. The van der Waals surface area contributed by atoms with Gasteiger partial charge in [0.2, 0.25) is 17.7 Å². The minimum Gasteiger partial charge on any atom is -0.481 e. The number of nitrogens with two attached hydrogens (primary N) is 4. The van der Waals surface area contributed by atoms with Crippen molar-refractivity contribution in [2.24, 2.45) is 27.9 Å². The summed E-state index contributed by atoms with van der Waals surface area (Å²) >= 11 is 0. The van der Waals surface area contributed by atoms with Gasteiger partial charge in [-0.25, -0.2) is 4.79 Å². The lowest BCUT2D eigenvalue weighted by Gasteiger charge is -2.28. The monoisotopic (exact) mass is 528 g/mol. The number of carboxylic acids is 2. The zero-order valence-electron chi connectivity index (χ0n) is 20.9. The Kier molecular flexibility index (Phi) is 13.9. The van der Waals surface area contributed by atoms with Crippen LogP contribution < -0.4 is 33.6 Å². The van der Waals surface area contributed by atoms with Crippen molar-refractivity contribution in [2.75, 3.05) is 19.6 Å². The van der Waals surface area contributed by atoms with Crippen LogP contribution in [0.4, 0.5) is 0 Å². The molecule has 4 unspecified atom stereocenters. The molecular formula is C22H40N8O7. The van der Waals surface area contributed by atoms with Crippen molar-refractivity contribution in [3.05, 3.63) is 0 Å². The molecule has 1 saturated heterocycles. The van der Waals surface area contributed by atoms with Crippen molar-refractivity contribution in [1.29, 1.82) is 0 Å². The average molecular weight is 529 g/mol. The van der Waals surface area contributed by atoms with Gasteiger partial charge in [0, 0.05) is 19.5 Å². The van der Waals surface area contributed by atoms with Crippen LogP contribution in [0, 0.1) is 0 Å². The van der Waals surface area contributed by atoms with Crippen molar-refractivity contribution in [3.63, 3.8) is 0 Å². The summed E-state index contributed by atoms with van der Waals surface area (Å²) in [6, 6.07) is -4.29. The first-order valence-corrected chi connectivity index (χ1v) is 12.3. The highest BCUT2D eigenvalue weighted by molar-refractivity contribution is 5.94. The molecule has 1 aliphatic heterocycles. The van der Waals surface area contributed by atoms with Gasteiger partial charge < -0.3 is 48.7 Å². The Balaban J connectivity index is 2.87. The van der Waals surface area contributed by atoms with Crippen LogP contribution in [0.25, 0.3) is 0 Å². The molecule has 12 N–H and O–H groups in total. The number of aliphatic carboxylic acids is 2. The molecule has 0 aromatic heterocycles. The lowest BCUT2D eigenvalue weighted by atomic mass is 10.1. The molecule has 15 nitrogen and oxygen atoms in total. The number of carbonyl (C=O) groups excluding carboxylic acids is 3. The molecule has 1 rings (SSSR count). The fraction of sp³-hybridized carbons (Fsp3) is 0.727. The number of aliphatic imine (C=N–C) groups is 1. The Hall–Kier alpha value is -3.46. The first-order chi connectivity index (χ1) is 17.5. The summed E-state index contributed by atoms with van der Waals surface area (Å²) in [5.41, 5.74) is 22.0. The lowest BCUT2D eigenvalue weighted by Crippen LogP contribution is -2.56. The zero-order chi connectivity index (χ0) is 28.0. The molecule has 0 spiro atoms. The maximum Gasteiger partial charge on any atom is 0.326 e. The summed E-state index contributed by atoms with van der Waals surface area (Å²) in [7, 11) is 0. The predicted octanol–water partition coefficient (Wildman–Crippen LogP) is -2.59. The van der Waals surface area contributed by atoms with E-state index in [-0.39, 0.29) is 37.7 Å². The van der Waals surface area contributed by atoms with Gasteiger partial charge >= 0.3 is 11.9 Å². The van der Waals surface area contributed by atoms with Gasteiger partial charge in [0.15, 0.2) is 5.96 Å². The minimum absolute atomic E-state index is 0.00436. The number of amides is 3. The maximum absolute atomic E-state index is 13.1. The SMILES string of the molecule is NCCCCC(N)C(=O)N1CCCC1C(=O)NC(CCC(=O)O)C(=O)NC(CCCN=C(N)N)C(=O)O. The van der Waals surface area contributed by atoms with E-state index in [4.69, 9.17) is 28.0 Å². The number of guanidine groups is 1. The zero-order valence-corrected chi connectivity index (χ0v) is 20.9. The molecule has 1 fully saturated rings. The van der Waals surface area contributed by atoms with Gasteiger partial charge in [-0.2, -0.15) is 0 Å². The highest BCUT2D eigenvalue weighted by Crippen LogP contribution is 2.20. The van der Waals surface area contributed by atoms with Gasteiger partial charge in [0.05, 0.1) is 6.04 Å². The van der Waals surface area contributed by atoms with Crippen LogP contribution in [0.15, 0.2) is 4.99 Å².